The van der Waals surface area contributed by atoms with Crippen molar-refractivity contribution in [2.75, 3.05) is 27.2 Å². The van der Waals surface area contributed by atoms with Gasteiger partial charge in [-0.25, -0.2) is 4.98 Å². The first-order valence-electron chi connectivity index (χ1n) is 8.81. The molecule has 2 aromatic rings. The first-order chi connectivity index (χ1) is 12.2. The number of carbonyl (C=O) groups is 1. The molecule has 1 aromatic carbocycles. The Morgan fingerprint density at radius 3 is 2.58 bits per heavy atom. The van der Waals surface area contributed by atoms with Gasteiger partial charge in [0.2, 0.25) is 0 Å². The molecule has 0 radical (unpaired) electrons. The fraction of sp³-hybridized carbons (Fsp3) is 0.429. The molecule has 0 aliphatic carbocycles. The van der Waals surface area contributed by atoms with Crippen LogP contribution in [0.2, 0.25) is 0 Å². The lowest BCUT2D eigenvalue weighted by Crippen LogP contribution is -2.40. The standard InChI is InChI=1S/C21H29N3OS/c1-15-9-10-17(12-16(15)2)26-20-18(8-7-11-22-20)19(25)23-13-21(3,4)14-24(5)6/h7-12H,13-14H2,1-6H3,(H,23,25). The SMILES string of the molecule is Cc1ccc(Sc2ncccc2C(=O)NCC(C)(C)CN(C)C)cc1C. The van der Waals surface area contributed by atoms with E-state index in [0.717, 1.165) is 16.5 Å². The Bertz CT molecular complexity index is 772. The van der Waals surface area contributed by atoms with Crippen LogP contribution >= 0.6 is 11.8 Å². The van der Waals surface area contributed by atoms with Gasteiger partial charge in [-0.15, -0.1) is 0 Å². The summed E-state index contributed by atoms with van der Waals surface area (Å²) in [7, 11) is 4.09. The van der Waals surface area contributed by atoms with E-state index in [0.29, 0.717) is 12.1 Å². The minimum Gasteiger partial charge on any atom is -0.351 e. The summed E-state index contributed by atoms with van der Waals surface area (Å²) in [5.41, 5.74) is 3.12. The maximum Gasteiger partial charge on any atom is 0.254 e. The van der Waals surface area contributed by atoms with Crippen molar-refractivity contribution in [2.45, 2.75) is 37.6 Å². The number of nitrogens with zero attached hydrogens (tertiary/aromatic N) is 2. The van der Waals surface area contributed by atoms with Crippen LogP contribution in [0.4, 0.5) is 0 Å². The van der Waals surface area contributed by atoms with Crippen LogP contribution < -0.4 is 5.32 Å². The second kappa shape index (κ2) is 8.69. The second-order valence-corrected chi connectivity index (χ2v) is 8.85. The first kappa shape index (κ1) is 20.5. The molecule has 1 amide bonds. The molecule has 0 saturated carbocycles. The number of benzene rings is 1. The lowest BCUT2D eigenvalue weighted by molar-refractivity contribution is 0.0925. The summed E-state index contributed by atoms with van der Waals surface area (Å²) < 4.78 is 0. The van der Waals surface area contributed by atoms with E-state index in [1.54, 1.807) is 6.20 Å². The van der Waals surface area contributed by atoms with Gasteiger partial charge in [0.1, 0.15) is 5.03 Å². The second-order valence-electron chi connectivity index (χ2n) is 7.79. The smallest absolute Gasteiger partial charge is 0.254 e. The van der Waals surface area contributed by atoms with Gasteiger partial charge in [0.15, 0.2) is 0 Å². The molecule has 1 aromatic heterocycles. The minimum atomic E-state index is -0.0729. The van der Waals surface area contributed by atoms with Gasteiger partial charge >= 0.3 is 0 Å². The third-order valence-corrected chi connectivity index (χ3v) is 5.19. The average molecular weight is 372 g/mol. The molecule has 2 rings (SSSR count). The van der Waals surface area contributed by atoms with Crippen LogP contribution in [0, 0.1) is 19.3 Å². The first-order valence-corrected chi connectivity index (χ1v) is 9.63. The number of pyridine rings is 1. The average Bonchev–Trinajstić information content (AvgIpc) is 2.55. The summed E-state index contributed by atoms with van der Waals surface area (Å²) in [4.78, 5) is 20.4. The molecule has 0 aliphatic rings. The minimum absolute atomic E-state index is 0.00272. The molecule has 5 heteroatoms. The van der Waals surface area contributed by atoms with E-state index in [4.69, 9.17) is 0 Å². The number of rotatable bonds is 7. The maximum atomic E-state index is 12.7. The van der Waals surface area contributed by atoms with Gasteiger partial charge < -0.3 is 10.2 Å². The third-order valence-electron chi connectivity index (χ3n) is 4.18. The third kappa shape index (κ3) is 5.85. The van der Waals surface area contributed by atoms with Gasteiger partial charge in [0.05, 0.1) is 5.56 Å². The van der Waals surface area contributed by atoms with E-state index in [1.165, 1.54) is 22.9 Å². The van der Waals surface area contributed by atoms with Crippen molar-refractivity contribution in [1.82, 2.24) is 15.2 Å². The van der Waals surface area contributed by atoms with Crippen LogP contribution in [-0.4, -0.2) is 43.0 Å². The zero-order chi connectivity index (χ0) is 19.3. The van der Waals surface area contributed by atoms with Crippen LogP contribution in [0.3, 0.4) is 0 Å². The highest BCUT2D eigenvalue weighted by Crippen LogP contribution is 2.30. The Morgan fingerprint density at radius 1 is 1.19 bits per heavy atom. The molecule has 0 spiro atoms. The van der Waals surface area contributed by atoms with Gasteiger partial charge in [0, 0.05) is 24.2 Å². The number of amides is 1. The van der Waals surface area contributed by atoms with Gasteiger partial charge in [0.25, 0.3) is 5.91 Å². The monoisotopic (exact) mass is 371 g/mol. The molecule has 1 heterocycles. The summed E-state index contributed by atoms with van der Waals surface area (Å²) in [6.07, 6.45) is 1.73. The van der Waals surface area contributed by atoms with Crippen molar-refractivity contribution in [1.29, 1.82) is 0 Å². The van der Waals surface area contributed by atoms with Crippen LogP contribution in [0.1, 0.15) is 35.3 Å². The van der Waals surface area contributed by atoms with E-state index < -0.39 is 0 Å². The number of aromatic nitrogens is 1. The Hall–Kier alpha value is -1.85. The number of carbonyl (C=O) groups excluding carboxylic acids is 1. The molecule has 0 saturated heterocycles. The van der Waals surface area contributed by atoms with Crippen LogP contribution in [0.25, 0.3) is 0 Å². The van der Waals surface area contributed by atoms with Crippen molar-refractivity contribution in [3.05, 3.63) is 53.2 Å². The van der Waals surface area contributed by atoms with Gasteiger partial charge in [-0.2, -0.15) is 0 Å². The molecule has 0 fully saturated rings. The molecule has 1 N–H and O–H groups in total. The fourth-order valence-corrected chi connectivity index (χ4v) is 3.84. The van der Waals surface area contributed by atoms with Crippen molar-refractivity contribution in [2.24, 2.45) is 5.41 Å². The molecule has 140 valence electrons. The summed E-state index contributed by atoms with van der Waals surface area (Å²) >= 11 is 1.53. The molecular formula is C21H29N3OS. The van der Waals surface area contributed by atoms with E-state index in [2.05, 4.69) is 61.1 Å². The predicted octanol–water partition coefficient (Wildman–Crippen LogP) is 4.17. The number of hydrogen-bond acceptors (Lipinski definition) is 4. The largest absolute Gasteiger partial charge is 0.351 e. The number of nitrogens with one attached hydrogen (secondary N) is 1. The zero-order valence-electron chi connectivity index (χ0n) is 16.6. The van der Waals surface area contributed by atoms with E-state index >= 15 is 0 Å². The van der Waals surface area contributed by atoms with Crippen molar-refractivity contribution >= 4 is 17.7 Å². The molecule has 0 bridgehead atoms. The topological polar surface area (TPSA) is 45.2 Å². The Balaban J connectivity index is 2.12. The Labute approximate surface area is 161 Å². The maximum absolute atomic E-state index is 12.7. The highest BCUT2D eigenvalue weighted by molar-refractivity contribution is 7.99. The lowest BCUT2D eigenvalue weighted by atomic mass is 9.93. The van der Waals surface area contributed by atoms with E-state index in [1.807, 2.05) is 26.2 Å². The molecule has 0 atom stereocenters. The van der Waals surface area contributed by atoms with Crippen LogP contribution in [-0.2, 0) is 0 Å². The van der Waals surface area contributed by atoms with Crippen molar-refractivity contribution in [3.63, 3.8) is 0 Å². The van der Waals surface area contributed by atoms with Gasteiger partial charge in [-0.05, 0) is 68.8 Å². The molecule has 4 nitrogen and oxygen atoms in total. The van der Waals surface area contributed by atoms with Gasteiger partial charge in [-0.3, -0.25) is 4.79 Å². The highest BCUT2D eigenvalue weighted by atomic mass is 32.2. The van der Waals surface area contributed by atoms with Crippen LogP contribution in [0.15, 0.2) is 46.5 Å². The summed E-state index contributed by atoms with van der Waals surface area (Å²) in [5, 5.41) is 3.81. The van der Waals surface area contributed by atoms with Crippen LogP contribution in [0.5, 0.6) is 0 Å². The summed E-state index contributed by atoms with van der Waals surface area (Å²) in [5.74, 6) is -0.0729. The number of hydrogen-bond donors (Lipinski definition) is 1. The molecule has 26 heavy (non-hydrogen) atoms. The molecular weight excluding hydrogens is 342 g/mol. The predicted molar refractivity (Wildman–Crippen MR) is 109 cm³/mol. The Morgan fingerprint density at radius 2 is 1.92 bits per heavy atom. The lowest BCUT2D eigenvalue weighted by Gasteiger charge is -2.28. The fourth-order valence-electron chi connectivity index (χ4n) is 2.86. The molecule has 0 aliphatic heterocycles. The normalized spacial score (nSPS) is 11.7. The van der Waals surface area contributed by atoms with Crippen molar-refractivity contribution < 1.29 is 4.79 Å². The van der Waals surface area contributed by atoms with Gasteiger partial charge in [-0.1, -0.05) is 31.7 Å². The summed E-state index contributed by atoms with van der Waals surface area (Å²) in [6, 6.07) is 9.96. The summed E-state index contributed by atoms with van der Waals surface area (Å²) in [6.45, 7) is 10.0. The Kier molecular flexibility index (Phi) is 6.84. The molecule has 0 unspecified atom stereocenters. The van der Waals surface area contributed by atoms with Crippen molar-refractivity contribution in [3.8, 4) is 0 Å². The zero-order valence-corrected chi connectivity index (χ0v) is 17.4. The van der Waals surface area contributed by atoms with E-state index in [-0.39, 0.29) is 11.3 Å². The quantitative estimate of drug-likeness (QED) is 0.793. The van der Waals surface area contributed by atoms with E-state index in [9.17, 15) is 4.79 Å². The highest BCUT2D eigenvalue weighted by Gasteiger charge is 2.21. The number of aryl methyl sites for hydroxylation is 2.